The van der Waals surface area contributed by atoms with Gasteiger partial charge in [0.2, 0.25) is 0 Å². The molecule has 0 aromatic heterocycles. The summed E-state index contributed by atoms with van der Waals surface area (Å²) in [6.07, 6.45) is 4.19. The first-order valence-corrected chi connectivity index (χ1v) is 9.21. The summed E-state index contributed by atoms with van der Waals surface area (Å²) in [4.78, 5) is 23.4. The lowest BCUT2D eigenvalue weighted by molar-refractivity contribution is -0.139. The minimum Gasteiger partial charge on any atom is -0.481 e. The number of carboxylic acid groups (broad SMARTS) is 1. The fourth-order valence-electron chi connectivity index (χ4n) is 3.02. The summed E-state index contributed by atoms with van der Waals surface area (Å²) < 4.78 is 0. The molecule has 27 heavy (non-hydrogen) atoms. The van der Waals surface area contributed by atoms with Crippen LogP contribution in [0.3, 0.4) is 0 Å². The lowest BCUT2D eigenvalue weighted by atomic mass is 9.82. The molecule has 0 fully saturated rings. The quantitative estimate of drug-likeness (QED) is 0.647. The average Bonchev–Trinajstić information content (AvgIpc) is 2.60. The number of hydrogen-bond donors (Lipinski definition) is 1. The molecule has 0 amide bonds. The van der Waals surface area contributed by atoms with Crippen LogP contribution < -0.4 is 0 Å². The summed E-state index contributed by atoms with van der Waals surface area (Å²) >= 11 is 0. The van der Waals surface area contributed by atoms with Crippen molar-refractivity contribution in [1.82, 2.24) is 0 Å². The number of allylic oxidation sites excluding steroid dienone is 1. The molecule has 2 rings (SSSR count). The van der Waals surface area contributed by atoms with Gasteiger partial charge in [0.05, 0.1) is 5.92 Å². The topological polar surface area (TPSA) is 54.4 Å². The Hall–Kier alpha value is -2.68. The van der Waals surface area contributed by atoms with Crippen molar-refractivity contribution < 1.29 is 14.7 Å². The summed E-state index contributed by atoms with van der Waals surface area (Å²) in [5, 5.41) is 9.81. The molecule has 1 N–H and O–H groups in total. The number of carboxylic acids is 1. The van der Waals surface area contributed by atoms with Crippen LogP contribution in [0, 0.1) is 5.41 Å². The lowest BCUT2D eigenvalue weighted by Gasteiger charge is -2.21. The molecule has 2 unspecified atom stereocenters. The molecule has 142 valence electrons. The van der Waals surface area contributed by atoms with E-state index >= 15 is 0 Å². The maximum atomic E-state index is 12.0. The van der Waals surface area contributed by atoms with Crippen molar-refractivity contribution in [3.05, 3.63) is 76.9 Å². The second-order valence-electron chi connectivity index (χ2n) is 8.15. The van der Waals surface area contributed by atoms with Gasteiger partial charge in [0.15, 0.2) is 5.78 Å². The lowest BCUT2D eigenvalue weighted by Crippen LogP contribution is -2.18. The number of carbonyl (C=O) groups is 2. The Balaban J connectivity index is 2.27. The van der Waals surface area contributed by atoms with Gasteiger partial charge < -0.3 is 5.11 Å². The van der Waals surface area contributed by atoms with Gasteiger partial charge in [-0.15, -0.1) is 0 Å². The zero-order valence-electron chi connectivity index (χ0n) is 16.7. The molecule has 0 radical (unpaired) electrons. The number of benzene rings is 2. The first kappa shape index (κ1) is 20.6. The zero-order valence-corrected chi connectivity index (χ0v) is 16.7. The van der Waals surface area contributed by atoms with Gasteiger partial charge in [-0.2, -0.15) is 0 Å². The summed E-state index contributed by atoms with van der Waals surface area (Å²) in [6, 6.07) is 14.9. The highest BCUT2D eigenvalue weighted by atomic mass is 16.4. The third-order valence-electron chi connectivity index (χ3n) is 4.68. The molecule has 0 aliphatic carbocycles. The number of aliphatic carboxylic acids is 1. The van der Waals surface area contributed by atoms with Crippen molar-refractivity contribution in [3.8, 4) is 0 Å². The molecule has 0 aliphatic heterocycles. The molecule has 2 aromatic carbocycles. The van der Waals surface area contributed by atoms with E-state index in [1.807, 2.05) is 43.3 Å². The Labute approximate surface area is 161 Å². The number of Topliss-reactive ketones (excluding diaryl/α,β-unsaturated/α-hetero) is 1. The van der Waals surface area contributed by atoms with E-state index < -0.39 is 11.9 Å². The Kier molecular flexibility index (Phi) is 6.37. The van der Waals surface area contributed by atoms with Crippen molar-refractivity contribution in [1.29, 1.82) is 0 Å². The molecule has 0 bridgehead atoms. The van der Waals surface area contributed by atoms with E-state index in [0.717, 1.165) is 16.7 Å². The van der Waals surface area contributed by atoms with Gasteiger partial charge in [-0.05, 0) is 34.9 Å². The molecule has 0 aliphatic rings. The number of carbonyl (C=O) groups excluding carboxylic acids is 1. The van der Waals surface area contributed by atoms with Crippen molar-refractivity contribution in [3.63, 3.8) is 0 Å². The predicted octanol–water partition coefficient (Wildman–Crippen LogP) is 5.92. The molecule has 2 atom stereocenters. The molecule has 0 saturated carbocycles. The van der Waals surface area contributed by atoms with E-state index in [1.54, 1.807) is 12.1 Å². The highest BCUT2D eigenvalue weighted by Gasteiger charge is 2.27. The maximum Gasteiger partial charge on any atom is 0.311 e. The molecular formula is C24H28O3. The molecule has 2 aromatic rings. The number of rotatable bonds is 6. The van der Waals surface area contributed by atoms with E-state index in [4.69, 9.17) is 0 Å². The third kappa shape index (κ3) is 5.65. The van der Waals surface area contributed by atoms with E-state index in [0.29, 0.717) is 5.56 Å². The highest BCUT2D eigenvalue weighted by molar-refractivity contribution is 5.94. The number of ketones is 1. The second kappa shape index (κ2) is 8.34. The Morgan fingerprint density at radius 3 is 1.89 bits per heavy atom. The van der Waals surface area contributed by atoms with E-state index in [-0.39, 0.29) is 17.1 Å². The smallest absolute Gasteiger partial charge is 0.311 e. The molecule has 0 spiro atoms. The molecule has 0 heterocycles. The van der Waals surface area contributed by atoms with Crippen LogP contribution >= 0.6 is 0 Å². The van der Waals surface area contributed by atoms with Crippen LogP contribution in [0.2, 0.25) is 0 Å². The van der Waals surface area contributed by atoms with Gasteiger partial charge in [0, 0.05) is 5.56 Å². The van der Waals surface area contributed by atoms with E-state index in [1.165, 1.54) is 6.92 Å². The SMILES string of the molecule is CC(=O)c1ccc(C(C)C(C(=O)O)c2ccc(/C=C/C(C)(C)C)cc2)cc1. The molecular weight excluding hydrogens is 336 g/mol. The van der Waals surface area contributed by atoms with Gasteiger partial charge in [0.25, 0.3) is 0 Å². The maximum absolute atomic E-state index is 12.0. The molecule has 3 heteroatoms. The monoisotopic (exact) mass is 364 g/mol. The van der Waals surface area contributed by atoms with Gasteiger partial charge in [-0.1, -0.05) is 88.4 Å². The van der Waals surface area contributed by atoms with Crippen LogP contribution in [0.15, 0.2) is 54.6 Å². The van der Waals surface area contributed by atoms with Crippen molar-refractivity contribution in [2.45, 2.75) is 46.5 Å². The van der Waals surface area contributed by atoms with E-state index in [9.17, 15) is 14.7 Å². The normalized spacial score (nSPS) is 14.1. The van der Waals surface area contributed by atoms with Gasteiger partial charge in [0.1, 0.15) is 0 Å². The van der Waals surface area contributed by atoms with Gasteiger partial charge in [-0.3, -0.25) is 9.59 Å². The Morgan fingerprint density at radius 2 is 1.44 bits per heavy atom. The van der Waals surface area contributed by atoms with Crippen LogP contribution in [-0.2, 0) is 4.79 Å². The molecule has 0 saturated heterocycles. The largest absolute Gasteiger partial charge is 0.481 e. The van der Waals surface area contributed by atoms with Crippen LogP contribution in [0.4, 0.5) is 0 Å². The molecule has 3 nitrogen and oxygen atoms in total. The third-order valence-corrected chi connectivity index (χ3v) is 4.68. The van der Waals surface area contributed by atoms with Crippen LogP contribution in [0.1, 0.15) is 73.5 Å². The van der Waals surface area contributed by atoms with E-state index in [2.05, 4.69) is 32.9 Å². The summed E-state index contributed by atoms with van der Waals surface area (Å²) in [5.74, 6) is -1.70. The summed E-state index contributed by atoms with van der Waals surface area (Å²) in [5.41, 5.74) is 3.47. The van der Waals surface area contributed by atoms with Crippen LogP contribution in [0.5, 0.6) is 0 Å². The zero-order chi connectivity index (χ0) is 20.2. The standard InChI is InChI=1S/C24H28O3/c1-16(19-10-12-20(13-11-19)17(2)25)22(23(26)27)21-8-6-18(7-9-21)14-15-24(3,4)5/h6-16,22H,1-5H3,(H,26,27)/b15-14+. The van der Waals surface area contributed by atoms with Gasteiger partial charge >= 0.3 is 5.97 Å². The summed E-state index contributed by atoms with van der Waals surface area (Å²) in [7, 11) is 0. The Morgan fingerprint density at radius 1 is 0.926 bits per heavy atom. The fraction of sp³-hybridized carbons (Fsp3) is 0.333. The predicted molar refractivity (Wildman–Crippen MR) is 110 cm³/mol. The number of hydrogen-bond acceptors (Lipinski definition) is 2. The second-order valence-corrected chi connectivity index (χ2v) is 8.15. The first-order chi connectivity index (χ1) is 12.6. The van der Waals surface area contributed by atoms with Crippen molar-refractivity contribution in [2.24, 2.45) is 5.41 Å². The van der Waals surface area contributed by atoms with Crippen LogP contribution in [-0.4, -0.2) is 16.9 Å². The highest BCUT2D eigenvalue weighted by Crippen LogP contribution is 2.33. The first-order valence-electron chi connectivity index (χ1n) is 9.21. The van der Waals surface area contributed by atoms with Gasteiger partial charge in [-0.25, -0.2) is 0 Å². The van der Waals surface area contributed by atoms with Crippen LogP contribution in [0.25, 0.3) is 6.08 Å². The minimum absolute atomic E-state index is 0.00267. The fourth-order valence-corrected chi connectivity index (χ4v) is 3.02. The minimum atomic E-state index is -0.851. The average molecular weight is 364 g/mol. The summed E-state index contributed by atoms with van der Waals surface area (Å²) in [6.45, 7) is 9.84. The van der Waals surface area contributed by atoms with Crippen molar-refractivity contribution >= 4 is 17.8 Å². The Bertz CT molecular complexity index is 821. The van der Waals surface area contributed by atoms with Crippen molar-refractivity contribution in [2.75, 3.05) is 0 Å².